The van der Waals surface area contributed by atoms with Crippen molar-refractivity contribution in [2.24, 2.45) is 0 Å². The molecule has 0 unspecified atom stereocenters. The molecule has 0 bridgehead atoms. The summed E-state index contributed by atoms with van der Waals surface area (Å²) in [5.41, 5.74) is 8.01. The number of hydrogen-bond acceptors (Lipinski definition) is 0. The fourth-order valence-electron chi connectivity index (χ4n) is 1.35. The molecule has 0 saturated heterocycles. The van der Waals surface area contributed by atoms with E-state index in [4.69, 9.17) is 5.73 Å². The summed E-state index contributed by atoms with van der Waals surface area (Å²) in [4.78, 5) is 0. The first-order valence-electron chi connectivity index (χ1n) is 5.59. The minimum atomic E-state index is -0.250. The molecule has 2 aromatic rings. The summed E-state index contributed by atoms with van der Waals surface area (Å²) in [6, 6.07) is 10.7. The van der Waals surface area contributed by atoms with Gasteiger partial charge in [0, 0.05) is 0 Å². The molecule has 0 fully saturated rings. The van der Waals surface area contributed by atoms with E-state index in [0.29, 0.717) is 0 Å². The first-order valence-corrected chi connectivity index (χ1v) is 10.6. The molecule has 2 rings (SSSR count). The molecule has 0 saturated carbocycles. The Kier molecular flexibility index (Phi) is 31.1. The van der Waals surface area contributed by atoms with Gasteiger partial charge in [0.05, 0.1) is 0 Å². The summed E-state index contributed by atoms with van der Waals surface area (Å²) in [6.45, 7) is 10.7. The molecule has 23 heavy (non-hydrogen) atoms. The van der Waals surface area contributed by atoms with Crippen molar-refractivity contribution < 1.29 is 37.4 Å². The summed E-state index contributed by atoms with van der Waals surface area (Å²) in [6.07, 6.45) is 0. The van der Waals surface area contributed by atoms with Crippen LogP contribution in [0.1, 0.15) is 26.3 Å². The van der Waals surface area contributed by atoms with E-state index in [2.05, 4.69) is 60.1 Å². The Morgan fingerprint density at radius 2 is 1.48 bits per heavy atom. The Hall–Kier alpha value is 0.160. The minimum absolute atomic E-state index is 0. The average molecular weight is 490 g/mol. The molecule has 1 nitrogen and oxygen atoms in total. The molecule has 0 amide bonds. The number of benzene rings is 1. The molecule has 0 aliphatic heterocycles. The molecule has 0 aliphatic rings. The van der Waals surface area contributed by atoms with E-state index < -0.39 is 0 Å². The second-order valence-electron chi connectivity index (χ2n) is 5.03. The van der Waals surface area contributed by atoms with Gasteiger partial charge in [-0.1, -0.05) is 49.7 Å². The van der Waals surface area contributed by atoms with E-state index in [0.717, 1.165) is 0 Å². The van der Waals surface area contributed by atoms with E-state index in [1.54, 1.807) is 0 Å². The van der Waals surface area contributed by atoms with Crippen LogP contribution in [0, 0.1) is 21.8 Å². The first-order chi connectivity index (χ1) is 8.27. The fraction of sp³-hybridized carbons (Fsp3) is 0.312. The molecule has 0 spiro atoms. The van der Waals surface area contributed by atoms with E-state index in [9.17, 15) is 0 Å². The Labute approximate surface area is 164 Å². The summed E-state index contributed by atoms with van der Waals surface area (Å²) in [5.74, 6) is 0. The van der Waals surface area contributed by atoms with Crippen LogP contribution in [0.4, 0.5) is 14.1 Å². The van der Waals surface area contributed by atoms with E-state index in [1.165, 1.54) is 44.1 Å². The second kappa shape index (κ2) is 18.5. The van der Waals surface area contributed by atoms with Crippen LogP contribution in [0.2, 0.25) is 0 Å². The van der Waals surface area contributed by atoms with Crippen LogP contribution >= 0.6 is 15.9 Å². The third-order valence-electron chi connectivity index (χ3n) is 1.84. The van der Waals surface area contributed by atoms with Crippen molar-refractivity contribution in [1.29, 1.82) is 0 Å². The van der Waals surface area contributed by atoms with Crippen LogP contribution in [-0.2, 0) is 23.3 Å². The molecule has 7 heteroatoms. The summed E-state index contributed by atoms with van der Waals surface area (Å²) >= 11 is 4.87. The van der Waals surface area contributed by atoms with Gasteiger partial charge in [0.15, 0.2) is 0 Å². The number of halogens is 4. The number of rotatable bonds is 0. The Morgan fingerprint density at radius 1 is 1.09 bits per heavy atom. The monoisotopic (exact) mass is 487 g/mol. The summed E-state index contributed by atoms with van der Waals surface area (Å²) in [5, 5.41) is 2.63. The third kappa shape index (κ3) is 18.3. The molecule has 0 atom stereocenters. The summed E-state index contributed by atoms with van der Waals surface area (Å²) < 4.78 is 1.18. The van der Waals surface area contributed by atoms with Gasteiger partial charge in [-0.25, -0.2) is 0 Å². The predicted molar refractivity (Wildman–Crippen MR) is 102 cm³/mol. The van der Waals surface area contributed by atoms with Crippen LogP contribution in [0.5, 0.6) is 0 Å². The van der Waals surface area contributed by atoms with Crippen molar-refractivity contribution in [2.75, 3.05) is 0 Å². The van der Waals surface area contributed by atoms with Crippen molar-refractivity contribution in [1.82, 2.24) is 0 Å². The van der Waals surface area contributed by atoms with E-state index >= 15 is 0 Å². The zero-order chi connectivity index (χ0) is 14.3. The normalized spacial score (nSPS) is 7.87. The fourth-order valence-corrected chi connectivity index (χ4v) is 1.84. The maximum atomic E-state index is 6.94. The van der Waals surface area contributed by atoms with Gasteiger partial charge in [-0.05, 0) is 4.47 Å². The molecule has 2 aromatic carbocycles. The molecule has 0 aliphatic carbocycles. The second-order valence-corrected chi connectivity index (χ2v) is 5.88. The Morgan fingerprint density at radius 3 is 1.83 bits per heavy atom. The van der Waals surface area contributed by atoms with Gasteiger partial charge < -0.3 is 20.6 Å². The Bertz CT molecular complexity index is 496. The standard InChI is InChI=1S/C10H8Br.C4H10N.2CH3.3FH.Si.Zr/c1-7-5-8-3-2-4-10(11)9(8)6-7;1-4(2,3)5;;;;;;;/h2-6H,1H3;5H,1-3H3;2*1H3;3*1H;;/q4*-1;;;;;. The summed E-state index contributed by atoms with van der Waals surface area (Å²) in [7, 11) is 0. The number of fused-ring (bicyclic) bond motifs is 1. The third-order valence-corrected chi connectivity index (χ3v) is 2.53. The number of hydrogen-bond donors (Lipinski definition) is 0. The SMILES string of the molecule is CC(C)(C)[NH-].Cc1cc2c(Br)cccc2[cH-]1.F.F.F.[CH3-].[CH3-].[Si]=[Zr]. The van der Waals surface area contributed by atoms with Gasteiger partial charge in [0.25, 0.3) is 0 Å². The zero-order valence-corrected chi connectivity index (χ0v) is 19.5. The van der Waals surface area contributed by atoms with Crippen LogP contribution < -0.4 is 0 Å². The Balaban J connectivity index is -0.0000000540. The van der Waals surface area contributed by atoms with Gasteiger partial charge in [-0.2, -0.15) is 6.07 Å². The van der Waals surface area contributed by atoms with Crippen molar-refractivity contribution in [3.05, 3.63) is 61.0 Å². The predicted octanol–water partition coefficient (Wildman–Crippen LogP) is 6.44. The van der Waals surface area contributed by atoms with Gasteiger partial charge in [-0.3, -0.25) is 14.1 Å². The zero-order valence-electron chi connectivity index (χ0n) is 14.5. The van der Waals surface area contributed by atoms with Crippen molar-refractivity contribution in [3.63, 3.8) is 0 Å². The van der Waals surface area contributed by atoms with Crippen LogP contribution in [0.15, 0.2) is 34.8 Å². The van der Waals surface area contributed by atoms with E-state index in [-0.39, 0.29) is 34.5 Å². The molecule has 2 radical (unpaired) electrons. The quantitative estimate of drug-likeness (QED) is 0.300. The first kappa shape index (κ1) is 38.6. The van der Waals surface area contributed by atoms with Crippen molar-refractivity contribution in [2.45, 2.75) is 33.2 Å². The van der Waals surface area contributed by atoms with Crippen molar-refractivity contribution >= 4 is 33.6 Å². The van der Waals surface area contributed by atoms with Gasteiger partial charge >= 0.3 is 30.2 Å². The molecular formula is C16H27BrF3NSiZr-4. The molecule has 0 heterocycles. The molecule has 136 valence electrons. The van der Waals surface area contributed by atoms with Crippen LogP contribution in [-0.4, -0.2) is 12.4 Å². The number of nitrogens with one attached hydrogen (secondary N) is 1. The average Bonchev–Trinajstić information content (AvgIpc) is 2.61. The van der Waals surface area contributed by atoms with Gasteiger partial charge in [0.2, 0.25) is 0 Å². The molecular weight excluding hydrogens is 462 g/mol. The molecule has 1 N–H and O–H groups in total. The topological polar surface area (TPSA) is 23.8 Å². The maximum absolute atomic E-state index is 6.94. The number of aryl methyl sites for hydroxylation is 1. The van der Waals surface area contributed by atoms with Crippen molar-refractivity contribution in [3.8, 4) is 0 Å². The van der Waals surface area contributed by atoms with Crippen LogP contribution in [0.3, 0.4) is 0 Å². The molecule has 0 aromatic heterocycles. The van der Waals surface area contributed by atoms with E-state index in [1.807, 2.05) is 20.8 Å². The van der Waals surface area contributed by atoms with Gasteiger partial charge in [0.1, 0.15) is 0 Å². The van der Waals surface area contributed by atoms with Gasteiger partial charge in [-0.15, -0.1) is 40.1 Å². The van der Waals surface area contributed by atoms with Crippen LogP contribution in [0.25, 0.3) is 16.5 Å².